The van der Waals surface area contributed by atoms with E-state index in [0.717, 1.165) is 4.88 Å². The van der Waals surface area contributed by atoms with E-state index in [2.05, 4.69) is 35.0 Å². The number of aliphatic hydroxyl groups excluding tert-OH is 1. The quantitative estimate of drug-likeness (QED) is 0.851. The molecule has 0 bridgehead atoms. The maximum absolute atomic E-state index is 9.97. The van der Waals surface area contributed by atoms with Crippen LogP contribution in [0, 0.1) is 0 Å². The number of nitrogens with one attached hydrogen (secondary N) is 1. The van der Waals surface area contributed by atoms with Crippen molar-refractivity contribution >= 4 is 17.4 Å². The van der Waals surface area contributed by atoms with Crippen molar-refractivity contribution in [2.45, 2.75) is 19.1 Å². The molecular formula is C15H20N2OS. The third kappa shape index (κ3) is 4.06. The zero-order valence-corrected chi connectivity index (χ0v) is 12.1. The third-order valence-corrected chi connectivity index (χ3v) is 4.02. The highest BCUT2D eigenvalue weighted by molar-refractivity contribution is 7.10. The zero-order chi connectivity index (χ0) is 13.7. The van der Waals surface area contributed by atoms with Crippen LogP contribution in [0.5, 0.6) is 0 Å². The molecule has 2 aromatic rings. The predicted octanol–water partition coefficient (Wildman–Crippen LogP) is 2.81. The van der Waals surface area contributed by atoms with E-state index >= 15 is 0 Å². The Morgan fingerprint density at radius 1 is 1.42 bits per heavy atom. The van der Waals surface area contributed by atoms with Gasteiger partial charge in [-0.05, 0) is 36.6 Å². The molecule has 3 nitrogen and oxygen atoms in total. The lowest BCUT2D eigenvalue weighted by Crippen LogP contribution is -2.28. The first-order valence-corrected chi connectivity index (χ1v) is 7.29. The van der Waals surface area contributed by atoms with Crippen molar-refractivity contribution in [3.05, 3.63) is 52.5 Å². The maximum Gasteiger partial charge on any atom is 0.101 e. The molecule has 0 aliphatic rings. The van der Waals surface area contributed by atoms with Crippen LogP contribution in [0.15, 0.2) is 41.9 Å². The molecule has 2 N–H and O–H groups in total. The van der Waals surface area contributed by atoms with Gasteiger partial charge in [0, 0.05) is 36.4 Å². The molecule has 0 saturated heterocycles. The first kappa shape index (κ1) is 14.1. The van der Waals surface area contributed by atoms with Gasteiger partial charge in [0.25, 0.3) is 0 Å². The van der Waals surface area contributed by atoms with E-state index in [1.165, 1.54) is 5.69 Å². The van der Waals surface area contributed by atoms with Gasteiger partial charge < -0.3 is 15.0 Å². The van der Waals surface area contributed by atoms with Crippen molar-refractivity contribution in [1.82, 2.24) is 9.88 Å². The molecule has 0 spiro atoms. The van der Waals surface area contributed by atoms with Gasteiger partial charge in [0.1, 0.15) is 6.10 Å². The van der Waals surface area contributed by atoms with E-state index in [0.29, 0.717) is 6.54 Å². The van der Waals surface area contributed by atoms with Crippen molar-refractivity contribution in [2.24, 2.45) is 7.05 Å². The predicted molar refractivity (Wildman–Crippen MR) is 81.2 cm³/mol. The van der Waals surface area contributed by atoms with Crippen LogP contribution < -0.4 is 5.32 Å². The Labute approximate surface area is 118 Å². The Morgan fingerprint density at radius 3 is 2.89 bits per heavy atom. The largest absolute Gasteiger partial charge is 0.386 e. The highest BCUT2D eigenvalue weighted by atomic mass is 32.1. The molecule has 2 rings (SSSR count). The smallest absolute Gasteiger partial charge is 0.101 e. The summed E-state index contributed by atoms with van der Waals surface area (Å²) in [5, 5.41) is 15.3. The van der Waals surface area contributed by atoms with Gasteiger partial charge in [-0.3, -0.25) is 0 Å². The summed E-state index contributed by atoms with van der Waals surface area (Å²) in [5.41, 5.74) is 1.17. The minimum absolute atomic E-state index is 0.226. The summed E-state index contributed by atoms with van der Waals surface area (Å²) < 4.78 is 2.07. The molecule has 2 aromatic heterocycles. The summed E-state index contributed by atoms with van der Waals surface area (Å²) in [6.45, 7) is 2.65. The fraction of sp³-hybridized carbons (Fsp3) is 0.333. The number of aryl methyl sites for hydroxylation is 1. The van der Waals surface area contributed by atoms with Gasteiger partial charge in [-0.2, -0.15) is 0 Å². The monoisotopic (exact) mass is 276 g/mol. The lowest BCUT2D eigenvalue weighted by atomic mass is 10.2. The number of rotatable bonds is 6. The average Bonchev–Trinajstić information content (AvgIpc) is 3.05. The summed E-state index contributed by atoms with van der Waals surface area (Å²) in [7, 11) is 2.03. The van der Waals surface area contributed by atoms with Crippen molar-refractivity contribution in [2.75, 3.05) is 6.54 Å². The number of hydrogen-bond donors (Lipinski definition) is 2. The zero-order valence-electron chi connectivity index (χ0n) is 11.3. The molecule has 19 heavy (non-hydrogen) atoms. The second-order valence-corrected chi connectivity index (χ2v) is 5.61. The minimum Gasteiger partial charge on any atom is -0.386 e. The standard InChI is InChI=1S/C15H20N2OS/c1-12(7-8-13-5-3-9-17(13)2)16-11-14(18)15-6-4-10-19-15/h3-10,12,14,16,18H,11H2,1-2H3/b8-7+. The van der Waals surface area contributed by atoms with Gasteiger partial charge in [-0.25, -0.2) is 0 Å². The van der Waals surface area contributed by atoms with E-state index in [1.807, 2.05) is 36.8 Å². The first-order chi connectivity index (χ1) is 9.16. The number of thiophene rings is 1. The van der Waals surface area contributed by atoms with Crippen LogP contribution in [-0.2, 0) is 7.05 Å². The summed E-state index contributed by atoms with van der Waals surface area (Å²) in [4.78, 5) is 1.01. The molecule has 4 heteroatoms. The normalized spacial score (nSPS) is 14.9. The fourth-order valence-electron chi connectivity index (χ4n) is 1.84. The van der Waals surface area contributed by atoms with Crippen LogP contribution >= 0.6 is 11.3 Å². The Bertz CT molecular complexity index is 516. The highest BCUT2D eigenvalue weighted by Crippen LogP contribution is 2.17. The van der Waals surface area contributed by atoms with Crippen LogP contribution in [-0.4, -0.2) is 22.3 Å². The van der Waals surface area contributed by atoms with Crippen LogP contribution in [0.2, 0.25) is 0 Å². The van der Waals surface area contributed by atoms with Crippen LogP contribution in [0.25, 0.3) is 6.08 Å². The fourth-order valence-corrected chi connectivity index (χ4v) is 2.55. The van der Waals surface area contributed by atoms with Crippen molar-refractivity contribution in [3.8, 4) is 0 Å². The van der Waals surface area contributed by atoms with E-state index in [9.17, 15) is 5.11 Å². The summed E-state index contributed by atoms with van der Waals surface area (Å²) >= 11 is 1.58. The summed E-state index contributed by atoms with van der Waals surface area (Å²) in [6, 6.07) is 8.25. The van der Waals surface area contributed by atoms with E-state index in [1.54, 1.807) is 11.3 Å². The minimum atomic E-state index is -0.425. The molecular weight excluding hydrogens is 256 g/mol. The molecule has 0 amide bonds. The lowest BCUT2D eigenvalue weighted by Gasteiger charge is -2.13. The van der Waals surface area contributed by atoms with Crippen LogP contribution in [0.4, 0.5) is 0 Å². The second kappa shape index (κ2) is 6.70. The van der Waals surface area contributed by atoms with Crippen molar-refractivity contribution in [3.63, 3.8) is 0 Å². The second-order valence-electron chi connectivity index (χ2n) is 4.63. The molecule has 0 fully saturated rings. The topological polar surface area (TPSA) is 37.2 Å². The maximum atomic E-state index is 9.97. The SMILES string of the molecule is CC(/C=C/c1cccn1C)NCC(O)c1cccs1. The van der Waals surface area contributed by atoms with Crippen molar-refractivity contribution < 1.29 is 5.11 Å². The number of aromatic nitrogens is 1. The Hall–Kier alpha value is -1.36. The summed E-state index contributed by atoms with van der Waals surface area (Å²) in [6.07, 6.45) is 5.80. The van der Waals surface area contributed by atoms with Gasteiger partial charge in [-0.1, -0.05) is 12.1 Å². The molecule has 102 valence electrons. The Balaban J connectivity index is 1.80. The molecule has 0 aromatic carbocycles. The number of hydrogen-bond acceptors (Lipinski definition) is 3. The highest BCUT2D eigenvalue weighted by Gasteiger charge is 2.08. The van der Waals surface area contributed by atoms with Crippen molar-refractivity contribution in [1.29, 1.82) is 0 Å². The average molecular weight is 276 g/mol. The molecule has 0 aliphatic heterocycles. The van der Waals surface area contributed by atoms with Gasteiger partial charge >= 0.3 is 0 Å². The van der Waals surface area contributed by atoms with Gasteiger partial charge in [0.2, 0.25) is 0 Å². The number of nitrogens with zero attached hydrogens (tertiary/aromatic N) is 1. The lowest BCUT2D eigenvalue weighted by molar-refractivity contribution is 0.176. The van der Waals surface area contributed by atoms with Gasteiger partial charge in [-0.15, -0.1) is 11.3 Å². The Kier molecular flexibility index (Phi) is 4.96. The molecule has 2 unspecified atom stereocenters. The first-order valence-electron chi connectivity index (χ1n) is 6.41. The summed E-state index contributed by atoms with van der Waals surface area (Å²) in [5.74, 6) is 0. The van der Waals surface area contributed by atoms with E-state index in [4.69, 9.17) is 0 Å². The van der Waals surface area contributed by atoms with Gasteiger partial charge in [0.05, 0.1) is 0 Å². The molecule has 2 heterocycles. The molecule has 2 atom stereocenters. The molecule has 0 radical (unpaired) electrons. The molecule has 0 saturated carbocycles. The number of aliphatic hydroxyl groups is 1. The van der Waals surface area contributed by atoms with E-state index in [-0.39, 0.29) is 6.04 Å². The van der Waals surface area contributed by atoms with E-state index < -0.39 is 6.10 Å². The van der Waals surface area contributed by atoms with Gasteiger partial charge in [0.15, 0.2) is 0 Å². The van der Waals surface area contributed by atoms with Crippen LogP contribution in [0.3, 0.4) is 0 Å². The third-order valence-electron chi connectivity index (χ3n) is 3.04. The molecule has 0 aliphatic carbocycles. The Morgan fingerprint density at radius 2 is 2.26 bits per heavy atom. The van der Waals surface area contributed by atoms with Crippen LogP contribution in [0.1, 0.15) is 23.6 Å².